The summed E-state index contributed by atoms with van der Waals surface area (Å²) >= 11 is 0. The van der Waals surface area contributed by atoms with Gasteiger partial charge in [0.1, 0.15) is 0 Å². The molecular weight excluding hydrogens is 302 g/mol. The Morgan fingerprint density at radius 2 is 1.85 bits per heavy atom. The summed E-state index contributed by atoms with van der Waals surface area (Å²) in [7, 11) is -3.49. The van der Waals surface area contributed by atoms with Crippen molar-refractivity contribution in [1.29, 1.82) is 0 Å². The second-order valence-corrected chi connectivity index (χ2v) is 6.14. The molecule has 1 aromatic rings. The molecule has 0 unspecified atom stereocenters. The van der Waals surface area contributed by atoms with Crippen LogP contribution < -0.4 is 5.32 Å². The quantitative estimate of drug-likeness (QED) is 0.867. The van der Waals surface area contributed by atoms with Gasteiger partial charge in [0.15, 0.2) is 9.84 Å². The average Bonchev–Trinajstić information content (AvgIpc) is 2.29. The van der Waals surface area contributed by atoms with Crippen LogP contribution in [0.15, 0.2) is 23.1 Å². The number of carbonyl (C=O) groups excluding carboxylic acids is 1. The molecule has 1 N–H and O–H groups in total. The van der Waals surface area contributed by atoms with E-state index >= 15 is 0 Å². The van der Waals surface area contributed by atoms with Crippen LogP contribution in [0.4, 0.5) is 23.2 Å². The summed E-state index contributed by atoms with van der Waals surface area (Å²) in [5, 5.41) is 1.65. The molecule has 0 aromatic heterocycles. The van der Waals surface area contributed by atoms with Gasteiger partial charge in [-0.25, -0.2) is 17.2 Å². The summed E-state index contributed by atoms with van der Waals surface area (Å²) < 4.78 is 72.1. The largest absolute Gasteiger partial charge is 0.383 e. The number of hydrogen-bond donors (Lipinski definition) is 1. The molecule has 0 aliphatic carbocycles. The Labute approximate surface area is 112 Å². The molecule has 0 fully saturated rings. The number of carbonyl (C=O) groups is 1. The minimum Gasteiger partial charge on any atom is -0.320 e. The highest BCUT2D eigenvalue weighted by atomic mass is 32.2. The molecular formula is C11H11F4NO3S. The van der Waals surface area contributed by atoms with Crippen LogP contribution in [0, 0.1) is 6.92 Å². The van der Waals surface area contributed by atoms with Gasteiger partial charge in [0.25, 0.3) is 0 Å². The van der Waals surface area contributed by atoms with Crippen molar-refractivity contribution in [3.05, 3.63) is 23.8 Å². The lowest BCUT2D eigenvalue weighted by atomic mass is 10.2. The number of anilines is 1. The molecule has 112 valence electrons. The number of amides is 1. The number of halogens is 4. The Morgan fingerprint density at radius 1 is 1.30 bits per heavy atom. The fourth-order valence-corrected chi connectivity index (χ4v) is 2.02. The van der Waals surface area contributed by atoms with E-state index in [1.54, 1.807) is 5.32 Å². The Kier molecular flexibility index (Phi) is 4.42. The molecule has 0 saturated heterocycles. The highest BCUT2D eigenvalue weighted by molar-refractivity contribution is 7.90. The molecule has 1 rings (SSSR count). The molecule has 0 spiro atoms. The molecule has 0 aliphatic rings. The molecule has 4 nitrogen and oxygen atoms in total. The molecule has 0 radical (unpaired) electrons. The minimum absolute atomic E-state index is 0.0754. The smallest absolute Gasteiger partial charge is 0.320 e. The maximum absolute atomic E-state index is 12.8. The van der Waals surface area contributed by atoms with E-state index < -0.39 is 28.1 Å². The fourth-order valence-electron chi connectivity index (χ4n) is 1.31. The van der Waals surface area contributed by atoms with E-state index in [1.807, 2.05) is 0 Å². The maximum atomic E-state index is 12.8. The highest BCUT2D eigenvalue weighted by Gasteiger charge is 2.49. The molecule has 20 heavy (non-hydrogen) atoms. The second kappa shape index (κ2) is 5.39. The molecule has 0 bridgehead atoms. The summed E-state index contributed by atoms with van der Waals surface area (Å²) in [6.07, 6.45) is -3.18. The standard InChI is InChI=1S/C11H11F4NO3S/c1-6-5-7(20(2,18)19)3-4-8(6)16-10(17)11(14,15)9(12)13/h3-5,9H,1-2H3,(H,16,17). The predicted molar refractivity (Wildman–Crippen MR) is 63.9 cm³/mol. The fraction of sp³-hybridized carbons (Fsp3) is 0.364. The van der Waals surface area contributed by atoms with E-state index in [1.165, 1.54) is 6.92 Å². The van der Waals surface area contributed by atoms with Crippen molar-refractivity contribution in [2.45, 2.75) is 24.2 Å². The van der Waals surface area contributed by atoms with Crippen molar-refractivity contribution < 1.29 is 30.8 Å². The summed E-state index contributed by atoms with van der Waals surface area (Å²) in [5.74, 6) is -6.97. The van der Waals surface area contributed by atoms with E-state index in [2.05, 4.69) is 0 Å². The molecule has 0 aliphatic heterocycles. The zero-order valence-electron chi connectivity index (χ0n) is 10.5. The number of benzene rings is 1. The van der Waals surface area contributed by atoms with Crippen LogP contribution in [0.3, 0.4) is 0 Å². The number of hydrogen-bond acceptors (Lipinski definition) is 3. The Morgan fingerprint density at radius 3 is 2.25 bits per heavy atom. The second-order valence-electron chi connectivity index (χ2n) is 4.13. The SMILES string of the molecule is Cc1cc(S(C)(=O)=O)ccc1NC(=O)C(F)(F)C(F)F. The summed E-state index contributed by atoms with van der Waals surface area (Å²) in [4.78, 5) is 11.0. The molecule has 1 amide bonds. The van der Waals surface area contributed by atoms with Gasteiger partial charge in [-0.2, -0.15) is 8.78 Å². The van der Waals surface area contributed by atoms with E-state index in [0.29, 0.717) is 0 Å². The number of rotatable bonds is 4. The molecule has 0 atom stereocenters. The van der Waals surface area contributed by atoms with E-state index in [0.717, 1.165) is 24.5 Å². The van der Waals surface area contributed by atoms with Gasteiger partial charge in [-0.3, -0.25) is 4.79 Å². The molecule has 1 aromatic carbocycles. The maximum Gasteiger partial charge on any atom is 0.383 e. The Balaban J connectivity index is 3.04. The van der Waals surface area contributed by atoms with Crippen LogP contribution in [0.1, 0.15) is 5.56 Å². The van der Waals surface area contributed by atoms with Gasteiger partial charge in [0.05, 0.1) is 4.90 Å². The third-order valence-electron chi connectivity index (χ3n) is 2.45. The van der Waals surface area contributed by atoms with Crippen LogP contribution in [0.2, 0.25) is 0 Å². The predicted octanol–water partition coefficient (Wildman–Crippen LogP) is 2.24. The zero-order valence-corrected chi connectivity index (χ0v) is 11.3. The van der Waals surface area contributed by atoms with Crippen molar-refractivity contribution >= 4 is 21.4 Å². The third kappa shape index (κ3) is 3.47. The first-order valence-electron chi connectivity index (χ1n) is 5.24. The Hall–Kier alpha value is -1.64. The Bertz CT molecular complexity index is 629. The molecule has 0 saturated carbocycles. The van der Waals surface area contributed by atoms with Crippen molar-refractivity contribution in [3.8, 4) is 0 Å². The van der Waals surface area contributed by atoms with Gasteiger partial charge in [-0.1, -0.05) is 0 Å². The van der Waals surface area contributed by atoms with Crippen LogP contribution in [-0.4, -0.2) is 32.9 Å². The van der Waals surface area contributed by atoms with Gasteiger partial charge in [-0.05, 0) is 30.7 Å². The van der Waals surface area contributed by atoms with Crippen LogP contribution in [0.25, 0.3) is 0 Å². The minimum atomic E-state index is -4.82. The van der Waals surface area contributed by atoms with Crippen LogP contribution in [0.5, 0.6) is 0 Å². The van der Waals surface area contributed by atoms with Gasteiger partial charge in [0, 0.05) is 11.9 Å². The van der Waals surface area contributed by atoms with E-state index in [4.69, 9.17) is 0 Å². The lowest BCUT2D eigenvalue weighted by Crippen LogP contribution is -2.41. The number of aryl methyl sites for hydroxylation is 1. The average molecular weight is 313 g/mol. The van der Waals surface area contributed by atoms with Gasteiger partial charge in [-0.15, -0.1) is 0 Å². The van der Waals surface area contributed by atoms with Crippen molar-refractivity contribution in [2.75, 3.05) is 11.6 Å². The van der Waals surface area contributed by atoms with E-state index in [9.17, 15) is 30.8 Å². The number of alkyl halides is 4. The van der Waals surface area contributed by atoms with Crippen LogP contribution >= 0.6 is 0 Å². The van der Waals surface area contributed by atoms with Gasteiger partial charge in [0.2, 0.25) is 0 Å². The van der Waals surface area contributed by atoms with Gasteiger partial charge >= 0.3 is 18.3 Å². The summed E-state index contributed by atoms with van der Waals surface area (Å²) in [6.45, 7) is 1.35. The molecule has 9 heteroatoms. The summed E-state index contributed by atoms with van der Waals surface area (Å²) in [5.41, 5.74) is -0.00549. The van der Waals surface area contributed by atoms with E-state index in [-0.39, 0.29) is 16.1 Å². The van der Waals surface area contributed by atoms with Gasteiger partial charge < -0.3 is 5.32 Å². The van der Waals surface area contributed by atoms with Crippen molar-refractivity contribution in [2.24, 2.45) is 0 Å². The normalized spacial score (nSPS) is 12.6. The highest BCUT2D eigenvalue weighted by Crippen LogP contribution is 2.26. The monoisotopic (exact) mass is 313 g/mol. The number of sulfone groups is 1. The molecule has 0 heterocycles. The van der Waals surface area contributed by atoms with Crippen LogP contribution in [-0.2, 0) is 14.6 Å². The first kappa shape index (κ1) is 16.4. The first-order valence-corrected chi connectivity index (χ1v) is 7.13. The zero-order chi connectivity index (χ0) is 15.7. The third-order valence-corrected chi connectivity index (χ3v) is 3.56. The first-order chi connectivity index (χ1) is 8.96. The summed E-state index contributed by atoms with van der Waals surface area (Å²) in [6, 6.07) is 3.29. The van der Waals surface area contributed by atoms with Crippen molar-refractivity contribution in [3.63, 3.8) is 0 Å². The number of nitrogens with one attached hydrogen (secondary N) is 1. The topological polar surface area (TPSA) is 63.2 Å². The lowest BCUT2D eigenvalue weighted by molar-refractivity contribution is -0.163. The van der Waals surface area contributed by atoms with Crippen molar-refractivity contribution in [1.82, 2.24) is 0 Å². The lowest BCUT2D eigenvalue weighted by Gasteiger charge is -2.16.